The van der Waals surface area contributed by atoms with Crippen LogP contribution in [0.15, 0.2) is 67.0 Å². The number of nitrogens with zero attached hydrogens (tertiary/aromatic N) is 2. The van der Waals surface area contributed by atoms with Crippen molar-refractivity contribution in [2.45, 2.75) is 12.7 Å². The van der Waals surface area contributed by atoms with E-state index in [0.717, 1.165) is 12.3 Å². The number of pyridine rings is 2. The number of aromatic nitrogens is 2. The van der Waals surface area contributed by atoms with E-state index in [9.17, 15) is 18.0 Å². The van der Waals surface area contributed by atoms with Gasteiger partial charge in [0.25, 0.3) is 5.91 Å². The molecule has 0 unspecified atom stereocenters. The molecule has 1 amide bonds. The second kappa shape index (κ2) is 7.35. The summed E-state index contributed by atoms with van der Waals surface area (Å²) in [5.74, 6) is -0.354. The van der Waals surface area contributed by atoms with Crippen LogP contribution < -0.4 is 5.32 Å². The number of benzene rings is 1. The van der Waals surface area contributed by atoms with Crippen LogP contribution in [0.5, 0.6) is 0 Å². The molecule has 2 aromatic heterocycles. The molecular weight excluding hydrogens is 343 g/mol. The smallest absolute Gasteiger partial charge is 0.346 e. The molecule has 0 aliphatic rings. The van der Waals surface area contributed by atoms with Crippen molar-refractivity contribution in [2.24, 2.45) is 0 Å². The lowest BCUT2D eigenvalue weighted by atomic mass is 10.0. The summed E-state index contributed by atoms with van der Waals surface area (Å²) >= 11 is 0. The molecule has 3 aromatic rings. The zero-order chi connectivity index (χ0) is 18.6. The van der Waals surface area contributed by atoms with Crippen molar-refractivity contribution in [3.63, 3.8) is 0 Å². The summed E-state index contributed by atoms with van der Waals surface area (Å²) in [5, 5.41) is 2.75. The summed E-state index contributed by atoms with van der Waals surface area (Å²) in [7, 11) is 0. The first-order chi connectivity index (χ1) is 12.4. The molecule has 132 valence electrons. The average molecular weight is 357 g/mol. The van der Waals surface area contributed by atoms with E-state index in [1.54, 1.807) is 42.6 Å². The molecule has 0 saturated carbocycles. The third kappa shape index (κ3) is 4.05. The predicted molar refractivity (Wildman–Crippen MR) is 90.1 cm³/mol. The number of hydrogen-bond acceptors (Lipinski definition) is 3. The molecule has 0 saturated heterocycles. The molecular formula is C19H14F3N3O. The summed E-state index contributed by atoms with van der Waals surface area (Å²) in [6.07, 6.45) is -2.06. The Kier molecular flexibility index (Phi) is 4.97. The van der Waals surface area contributed by atoms with Crippen molar-refractivity contribution in [3.8, 4) is 11.3 Å². The van der Waals surface area contributed by atoms with Crippen LogP contribution in [-0.4, -0.2) is 15.9 Å². The van der Waals surface area contributed by atoms with Gasteiger partial charge >= 0.3 is 6.18 Å². The summed E-state index contributed by atoms with van der Waals surface area (Å²) in [6, 6.07) is 14.2. The Labute approximate surface area is 147 Å². The van der Waals surface area contributed by atoms with Crippen molar-refractivity contribution in [3.05, 3.63) is 83.8 Å². The Morgan fingerprint density at radius 2 is 1.73 bits per heavy atom. The first-order valence-corrected chi connectivity index (χ1v) is 7.76. The Bertz CT molecular complexity index is 894. The topological polar surface area (TPSA) is 54.9 Å². The van der Waals surface area contributed by atoms with E-state index in [1.807, 2.05) is 6.07 Å². The number of carbonyl (C=O) groups is 1. The van der Waals surface area contributed by atoms with Crippen molar-refractivity contribution in [1.82, 2.24) is 15.3 Å². The average Bonchev–Trinajstić information content (AvgIpc) is 2.66. The maximum atomic E-state index is 12.7. The molecule has 2 heterocycles. The second-order valence-electron chi connectivity index (χ2n) is 5.48. The Morgan fingerprint density at radius 3 is 2.38 bits per heavy atom. The van der Waals surface area contributed by atoms with Gasteiger partial charge in [-0.05, 0) is 30.3 Å². The van der Waals surface area contributed by atoms with Crippen LogP contribution in [0, 0.1) is 0 Å². The molecule has 0 radical (unpaired) electrons. The molecule has 0 aliphatic heterocycles. The van der Waals surface area contributed by atoms with E-state index in [-0.39, 0.29) is 12.5 Å². The fourth-order valence-electron chi connectivity index (χ4n) is 2.39. The minimum atomic E-state index is -4.45. The SMILES string of the molecule is O=C(NCc1ccccn1)c1ccccc1-c1ccc(C(F)(F)F)cn1. The van der Waals surface area contributed by atoms with Gasteiger partial charge in [-0.3, -0.25) is 14.8 Å². The van der Waals surface area contributed by atoms with E-state index >= 15 is 0 Å². The van der Waals surface area contributed by atoms with Gasteiger partial charge in [0.2, 0.25) is 0 Å². The number of alkyl halides is 3. The quantitative estimate of drug-likeness (QED) is 0.765. The molecule has 4 nitrogen and oxygen atoms in total. The lowest BCUT2D eigenvalue weighted by Crippen LogP contribution is -2.24. The van der Waals surface area contributed by atoms with E-state index in [2.05, 4.69) is 15.3 Å². The third-order valence-electron chi connectivity index (χ3n) is 3.69. The van der Waals surface area contributed by atoms with Gasteiger partial charge in [-0.25, -0.2) is 0 Å². The number of carbonyl (C=O) groups excluding carboxylic acids is 1. The number of rotatable bonds is 4. The Balaban J connectivity index is 1.82. The number of amides is 1. The lowest BCUT2D eigenvalue weighted by molar-refractivity contribution is -0.137. The summed E-state index contributed by atoms with van der Waals surface area (Å²) in [4.78, 5) is 20.5. The highest BCUT2D eigenvalue weighted by Gasteiger charge is 2.30. The molecule has 0 aliphatic carbocycles. The Hall–Kier alpha value is -3.22. The van der Waals surface area contributed by atoms with Crippen LogP contribution in [0.25, 0.3) is 11.3 Å². The number of hydrogen-bond donors (Lipinski definition) is 1. The standard InChI is InChI=1S/C19H14F3N3O/c20-19(21,22)13-8-9-17(24-11-13)15-6-1-2-7-16(15)18(26)25-12-14-5-3-4-10-23-14/h1-11H,12H2,(H,25,26). The molecule has 26 heavy (non-hydrogen) atoms. The second-order valence-corrected chi connectivity index (χ2v) is 5.48. The van der Waals surface area contributed by atoms with Crippen LogP contribution in [0.4, 0.5) is 13.2 Å². The predicted octanol–water partition coefficient (Wildman–Crippen LogP) is 4.09. The molecule has 0 atom stereocenters. The van der Waals surface area contributed by atoms with Crippen LogP contribution >= 0.6 is 0 Å². The van der Waals surface area contributed by atoms with Crippen molar-refractivity contribution in [1.29, 1.82) is 0 Å². The fraction of sp³-hybridized carbons (Fsp3) is 0.105. The van der Waals surface area contributed by atoms with Gasteiger partial charge in [0, 0.05) is 23.5 Å². The summed E-state index contributed by atoms with van der Waals surface area (Å²) in [5.41, 5.74) is 0.946. The van der Waals surface area contributed by atoms with Gasteiger partial charge in [0.1, 0.15) is 0 Å². The molecule has 0 spiro atoms. The van der Waals surface area contributed by atoms with Crippen LogP contribution in [0.3, 0.4) is 0 Å². The minimum Gasteiger partial charge on any atom is -0.346 e. The van der Waals surface area contributed by atoms with Crippen LogP contribution in [0.2, 0.25) is 0 Å². The molecule has 0 bridgehead atoms. The maximum absolute atomic E-state index is 12.7. The maximum Gasteiger partial charge on any atom is 0.417 e. The van der Waals surface area contributed by atoms with E-state index in [4.69, 9.17) is 0 Å². The van der Waals surface area contributed by atoms with E-state index in [0.29, 0.717) is 22.5 Å². The highest BCUT2D eigenvalue weighted by atomic mass is 19.4. The lowest BCUT2D eigenvalue weighted by Gasteiger charge is -2.11. The minimum absolute atomic E-state index is 0.244. The molecule has 1 aromatic carbocycles. The van der Waals surface area contributed by atoms with Gasteiger partial charge in [-0.15, -0.1) is 0 Å². The zero-order valence-corrected chi connectivity index (χ0v) is 13.5. The third-order valence-corrected chi connectivity index (χ3v) is 3.69. The van der Waals surface area contributed by atoms with Crippen LogP contribution in [0.1, 0.15) is 21.6 Å². The van der Waals surface area contributed by atoms with Crippen molar-refractivity contribution < 1.29 is 18.0 Å². The summed E-state index contributed by atoms with van der Waals surface area (Å²) < 4.78 is 38.0. The van der Waals surface area contributed by atoms with E-state index < -0.39 is 11.7 Å². The van der Waals surface area contributed by atoms with Gasteiger partial charge in [-0.1, -0.05) is 24.3 Å². The van der Waals surface area contributed by atoms with Gasteiger partial charge in [0.15, 0.2) is 0 Å². The Morgan fingerprint density at radius 1 is 0.962 bits per heavy atom. The highest BCUT2D eigenvalue weighted by Crippen LogP contribution is 2.30. The van der Waals surface area contributed by atoms with Gasteiger partial charge in [-0.2, -0.15) is 13.2 Å². The van der Waals surface area contributed by atoms with Crippen LogP contribution in [-0.2, 0) is 12.7 Å². The van der Waals surface area contributed by atoms with Crippen molar-refractivity contribution in [2.75, 3.05) is 0 Å². The number of nitrogens with one attached hydrogen (secondary N) is 1. The normalized spacial score (nSPS) is 11.2. The number of halogens is 3. The first kappa shape index (κ1) is 17.6. The molecule has 7 heteroatoms. The van der Waals surface area contributed by atoms with E-state index in [1.165, 1.54) is 6.07 Å². The van der Waals surface area contributed by atoms with Gasteiger partial charge < -0.3 is 5.32 Å². The highest BCUT2D eigenvalue weighted by molar-refractivity contribution is 6.00. The largest absolute Gasteiger partial charge is 0.417 e. The fourth-order valence-corrected chi connectivity index (χ4v) is 2.39. The van der Waals surface area contributed by atoms with Crippen molar-refractivity contribution >= 4 is 5.91 Å². The zero-order valence-electron chi connectivity index (χ0n) is 13.5. The summed E-state index contributed by atoms with van der Waals surface area (Å²) in [6.45, 7) is 0.244. The molecule has 3 rings (SSSR count). The monoisotopic (exact) mass is 357 g/mol. The first-order valence-electron chi connectivity index (χ1n) is 7.76. The van der Waals surface area contributed by atoms with Gasteiger partial charge in [0.05, 0.1) is 23.5 Å². The molecule has 1 N–H and O–H groups in total. The molecule has 0 fully saturated rings.